The molecule has 6 heteroatoms. The number of ether oxygens (including phenoxy) is 1. The summed E-state index contributed by atoms with van der Waals surface area (Å²) in [7, 11) is 1.67. The second-order valence-corrected chi connectivity index (χ2v) is 6.88. The molecule has 0 radical (unpaired) electrons. The van der Waals surface area contributed by atoms with Crippen molar-refractivity contribution in [3.63, 3.8) is 0 Å². The summed E-state index contributed by atoms with van der Waals surface area (Å²) in [4.78, 5) is 4.52. The van der Waals surface area contributed by atoms with Crippen LogP contribution in [0.5, 0.6) is 0 Å². The standard InChI is InChI=1S/C16H18ClFN2OS/c1-21-8-15-20-12(9-22-15)7-19-16(10-2-3-10)11-4-5-14(18)13(17)6-11/h4-6,9-10,16,19H,2-3,7-8H2,1H3. The number of nitrogens with zero attached hydrogens (tertiary/aromatic N) is 1. The zero-order valence-corrected chi connectivity index (χ0v) is 13.9. The van der Waals surface area contributed by atoms with Crippen LogP contribution >= 0.6 is 22.9 Å². The lowest BCUT2D eigenvalue weighted by Crippen LogP contribution is -2.23. The van der Waals surface area contributed by atoms with Gasteiger partial charge < -0.3 is 10.1 Å². The van der Waals surface area contributed by atoms with Gasteiger partial charge in [0.2, 0.25) is 0 Å². The molecule has 0 saturated heterocycles. The number of nitrogens with one attached hydrogen (secondary N) is 1. The lowest BCUT2D eigenvalue weighted by molar-refractivity contribution is 0.184. The first-order chi connectivity index (χ1) is 10.7. The predicted molar refractivity (Wildman–Crippen MR) is 86.5 cm³/mol. The average Bonchev–Trinajstić information content (AvgIpc) is 3.24. The maximum absolute atomic E-state index is 13.3. The third-order valence-electron chi connectivity index (χ3n) is 3.77. The van der Waals surface area contributed by atoms with Gasteiger partial charge in [-0.25, -0.2) is 9.37 Å². The second-order valence-electron chi connectivity index (χ2n) is 5.54. The average molecular weight is 341 g/mol. The molecule has 22 heavy (non-hydrogen) atoms. The summed E-state index contributed by atoms with van der Waals surface area (Å²) < 4.78 is 18.4. The van der Waals surface area contributed by atoms with Crippen LogP contribution in [0.15, 0.2) is 23.6 Å². The number of aromatic nitrogens is 1. The highest BCUT2D eigenvalue weighted by Crippen LogP contribution is 2.41. The van der Waals surface area contributed by atoms with E-state index in [1.165, 1.54) is 18.9 Å². The molecule has 0 spiro atoms. The number of benzene rings is 1. The highest BCUT2D eigenvalue weighted by atomic mass is 35.5. The van der Waals surface area contributed by atoms with Crippen molar-refractivity contribution in [2.75, 3.05) is 7.11 Å². The monoisotopic (exact) mass is 340 g/mol. The Morgan fingerprint density at radius 1 is 1.50 bits per heavy atom. The van der Waals surface area contributed by atoms with Gasteiger partial charge in [0.15, 0.2) is 0 Å². The molecule has 1 saturated carbocycles. The van der Waals surface area contributed by atoms with E-state index in [0.717, 1.165) is 16.3 Å². The molecule has 0 aliphatic heterocycles. The lowest BCUT2D eigenvalue weighted by atomic mass is 10.0. The van der Waals surface area contributed by atoms with Gasteiger partial charge in [-0.3, -0.25) is 0 Å². The highest BCUT2D eigenvalue weighted by Gasteiger charge is 2.32. The summed E-state index contributed by atoms with van der Waals surface area (Å²) in [5, 5.41) is 6.74. The topological polar surface area (TPSA) is 34.1 Å². The van der Waals surface area contributed by atoms with Crippen molar-refractivity contribution in [1.29, 1.82) is 0 Å². The maximum Gasteiger partial charge on any atom is 0.141 e. The molecule has 1 aliphatic rings. The predicted octanol–water partition coefficient (Wildman–Crippen LogP) is 4.32. The Labute approximate surface area is 138 Å². The Morgan fingerprint density at radius 2 is 2.32 bits per heavy atom. The smallest absolute Gasteiger partial charge is 0.141 e. The Hall–Kier alpha value is -1.01. The first kappa shape index (κ1) is 15.9. The molecule has 3 nitrogen and oxygen atoms in total. The highest BCUT2D eigenvalue weighted by molar-refractivity contribution is 7.09. The fourth-order valence-electron chi connectivity index (χ4n) is 2.53. The van der Waals surface area contributed by atoms with Crippen LogP contribution in [0.4, 0.5) is 4.39 Å². The SMILES string of the molecule is COCc1nc(CNC(c2ccc(F)c(Cl)c2)C2CC2)cs1. The summed E-state index contributed by atoms with van der Waals surface area (Å²) in [5.74, 6) is 0.224. The Morgan fingerprint density at radius 3 is 3.00 bits per heavy atom. The normalized spacial score (nSPS) is 16.0. The molecule has 1 unspecified atom stereocenters. The van der Waals surface area contributed by atoms with E-state index in [-0.39, 0.29) is 16.9 Å². The summed E-state index contributed by atoms with van der Waals surface area (Å²) in [5.41, 5.74) is 2.05. The molecule has 2 aromatic rings. The minimum atomic E-state index is -0.372. The van der Waals surface area contributed by atoms with E-state index < -0.39 is 0 Å². The van der Waals surface area contributed by atoms with Gasteiger partial charge in [-0.1, -0.05) is 17.7 Å². The zero-order chi connectivity index (χ0) is 15.5. The van der Waals surface area contributed by atoms with E-state index in [1.807, 2.05) is 11.4 Å². The largest absolute Gasteiger partial charge is 0.378 e. The number of methoxy groups -OCH3 is 1. The molecule has 1 fully saturated rings. The fraction of sp³-hybridized carbons (Fsp3) is 0.438. The summed E-state index contributed by atoms with van der Waals surface area (Å²) in [6.45, 7) is 1.24. The van der Waals surface area contributed by atoms with Crippen molar-refractivity contribution in [2.45, 2.75) is 32.0 Å². The van der Waals surface area contributed by atoms with Gasteiger partial charge in [-0.05, 0) is 36.5 Å². The van der Waals surface area contributed by atoms with E-state index in [4.69, 9.17) is 16.3 Å². The van der Waals surface area contributed by atoms with Crippen molar-refractivity contribution in [2.24, 2.45) is 5.92 Å². The van der Waals surface area contributed by atoms with Crippen molar-refractivity contribution in [3.8, 4) is 0 Å². The van der Waals surface area contributed by atoms with Crippen LogP contribution < -0.4 is 5.32 Å². The number of thiazole rings is 1. The Bertz CT molecular complexity index is 645. The molecule has 1 N–H and O–H groups in total. The third-order valence-corrected chi connectivity index (χ3v) is 4.93. The minimum absolute atomic E-state index is 0.181. The summed E-state index contributed by atoms with van der Waals surface area (Å²) in [6, 6.07) is 5.18. The van der Waals surface area contributed by atoms with Gasteiger partial charge in [0.1, 0.15) is 10.8 Å². The van der Waals surface area contributed by atoms with Crippen LogP contribution in [0.3, 0.4) is 0 Å². The Balaban J connectivity index is 1.67. The van der Waals surface area contributed by atoms with E-state index in [0.29, 0.717) is 19.1 Å². The molecule has 1 aliphatic carbocycles. The molecular formula is C16H18ClFN2OS. The number of hydrogen-bond acceptors (Lipinski definition) is 4. The number of rotatable bonds is 7. The van der Waals surface area contributed by atoms with Crippen LogP contribution in [0.25, 0.3) is 0 Å². The molecule has 1 heterocycles. The maximum atomic E-state index is 13.3. The van der Waals surface area contributed by atoms with E-state index in [2.05, 4.69) is 10.3 Å². The Kier molecular flexibility index (Phi) is 5.08. The molecule has 1 aromatic carbocycles. The third kappa shape index (κ3) is 3.84. The van der Waals surface area contributed by atoms with Crippen molar-refractivity contribution >= 4 is 22.9 Å². The van der Waals surface area contributed by atoms with Crippen LogP contribution in [0.1, 0.15) is 35.1 Å². The van der Waals surface area contributed by atoms with Crippen LogP contribution in [-0.4, -0.2) is 12.1 Å². The van der Waals surface area contributed by atoms with E-state index in [9.17, 15) is 4.39 Å². The van der Waals surface area contributed by atoms with Gasteiger partial charge in [-0.2, -0.15) is 0 Å². The first-order valence-corrected chi connectivity index (χ1v) is 8.53. The zero-order valence-electron chi connectivity index (χ0n) is 12.3. The van der Waals surface area contributed by atoms with Gasteiger partial charge in [0.25, 0.3) is 0 Å². The molecule has 1 atom stereocenters. The molecule has 3 rings (SSSR count). The van der Waals surface area contributed by atoms with Crippen molar-refractivity contribution < 1.29 is 9.13 Å². The van der Waals surface area contributed by atoms with Gasteiger partial charge >= 0.3 is 0 Å². The molecule has 0 amide bonds. The molecular weight excluding hydrogens is 323 g/mol. The van der Waals surface area contributed by atoms with E-state index in [1.54, 1.807) is 24.5 Å². The molecule has 118 valence electrons. The first-order valence-electron chi connectivity index (χ1n) is 7.28. The summed E-state index contributed by atoms with van der Waals surface area (Å²) in [6.07, 6.45) is 2.39. The minimum Gasteiger partial charge on any atom is -0.378 e. The summed E-state index contributed by atoms with van der Waals surface area (Å²) >= 11 is 7.51. The molecule has 1 aromatic heterocycles. The van der Waals surface area contributed by atoms with E-state index >= 15 is 0 Å². The fourth-order valence-corrected chi connectivity index (χ4v) is 3.48. The van der Waals surface area contributed by atoms with Crippen LogP contribution in [0.2, 0.25) is 5.02 Å². The van der Waals surface area contributed by atoms with Gasteiger partial charge in [0, 0.05) is 25.1 Å². The number of hydrogen-bond donors (Lipinski definition) is 1. The second kappa shape index (κ2) is 7.04. The lowest BCUT2D eigenvalue weighted by Gasteiger charge is -2.18. The van der Waals surface area contributed by atoms with Crippen molar-refractivity contribution in [3.05, 3.63) is 50.7 Å². The van der Waals surface area contributed by atoms with Crippen LogP contribution in [0, 0.1) is 11.7 Å². The van der Waals surface area contributed by atoms with Gasteiger partial charge in [0.05, 0.1) is 17.3 Å². The number of halogens is 2. The van der Waals surface area contributed by atoms with Crippen molar-refractivity contribution in [1.82, 2.24) is 10.3 Å². The quantitative estimate of drug-likeness (QED) is 0.815. The van der Waals surface area contributed by atoms with Gasteiger partial charge in [-0.15, -0.1) is 11.3 Å². The van der Waals surface area contributed by atoms with Crippen LogP contribution in [-0.2, 0) is 17.9 Å². The molecule has 0 bridgehead atoms.